The number of rotatable bonds is 8. The van der Waals surface area contributed by atoms with E-state index in [1.807, 2.05) is 0 Å². The number of allylic oxidation sites excluding steroid dienone is 2. The van der Waals surface area contributed by atoms with Crippen molar-refractivity contribution in [2.24, 2.45) is 5.41 Å². The monoisotopic (exact) mass is 558 g/mol. The van der Waals surface area contributed by atoms with Crippen molar-refractivity contribution in [2.45, 2.75) is 84.4 Å². The first-order valence-electron chi connectivity index (χ1n) is 15.5. The summed E-state index contributed by atoms with van der Waals surface area (Å²) in [6.07, 6.45) is 9.77. The van der Waals surface area contributed by atoms with Crippen LogP contribution in [0.25, 0.3) is 22.3 Å². The molecule has 0 saturated heterocycles. The van der Waals surface area contributed by atoms with E-state index in [0.717, 1.165) is 6.42 Å². The summed E-state index contributed by atoms with van der Waals surface area (Å²) in [6.45, 7) is 13.6. The maximum atomic E-state index is 8.04. The lowest BCUT2D eigenvalue weighted by Gasteiger charge is -2.42. The SMILES string of the molecule is CCCCCC=CC(C)(C1c2cc(C)ccc2-c2ccc(C)cc21)C(Cl)C1c2cc(C)ccc2-c2ccc(C)cc21. The second-order valence-corrected chi connectivity index (χ2v) is 13.4. The lowest BCUT2D eigenvalue weighted by Crippen LogP contribution is -2.37. The summed E-state index contributed by atoms with van der Waals surface area (Å²) < 4.78 is 0. The van der Waals surface area contributed by atoms with Crippen LogP contribution in [0.3, 0.4) is 0 Å². The highest BCUT2D eigenvalue weighted by Gasteiger charge is 2.50. The van der Waals surface area contributed by atoms with Crippen molar-refractivity contribution < 1.29 is 0 Å². The van der Waals surface area contributed by atoms with E-state index in [1.165, 1.54) is 86.0 Å². The van der Waals surface area contributed by atoms with E-state index in [0.29, 0.717) is 0 Å². The Balaban J connectivity index is 1.56. The van der Waals surface area contributed by atoms with E-state index < -0.39 is 0 Å². The summed E-state index contributed by atoms with van der Waals surface area (Å²) in [5.41, 5.74) is 15.9. The minimum atomic E-state index is -0.313. The van der Waals surface area contributed by atoms with Crippen LogP contribution in [0.5, 0.6) is 0 Å². The average molecular weight is 559 g/mol. The van der Waals surface area contributed by atoms with Crippen molar-refractivity contribution >= 4 is 11.6 Å². The lowest BCUT2D eigenvalue weighted by atomic mass is 9.65. The molecule has 2 atom stereocenters. The number of benzene rings is 4. The van der Waals surface area contributed by atoms with Crippen molar-refractivity contribution in [3.8, 4) is 22.3 Å². The van der Waals surface area contributed by atoms with E-state index in [-0.39, 0.29) is 22.6 Å². The summed E-state index contributed by atoms with van der Waals surface area (Å²) >= 11 is 8.04. The zero-order valence-electron chi connectivity index (χ0n) is 25.5. The normalized spacial score (nSPS) is 16.4. The Hall–Kier alpha value is -3.09. The molecule has 0 aromatic heterocycles. The molecule has 2 unspecified atom stereocenters. The van der Waals surface area contributed by atoms with Gasteiger partial charge < -0.3 is 0 Å². The number of aryl methyl sites for hydroxylation is 4. The summed E-state index contributed by atoms with van der Waals surface area (Å²) in [5, 5.41) is -0.140. The van der Waals surface area contributed by atoms with Gasteiger partial charge in [0.05, 0.1) is 5.38 Å². The van der Waals surface area contributed by atoms with Gasteiger partial charge >= 0.3 is 0 Å². The minimum absolute atomic E-state index is 0.119. The van der Waals surface area contributed by atoms with Gasteiger partial charge in [-0.2, -0.15) is 0 Å². The van der Waals surface area contributed by atoms with Crippen LogP contribution in [0.15, 0.2) is 84.9 Å². The molecule has 6 rings (SSSR count). The summed E-state index contributed by atoms with van der Waals surface area (Å²) in [6, 6.07) is 27.9. The molecule has 2 aliphatic carbocycles. The summed E-state index contributed by atoms with van der Waals surface area (Å²) in [5.74, 6) is 0.299. The van der Waals surface area contributed by atoms with E-state index in [4.69, 9.17) is 11.6 Å². The molecule has 0 amide bonds. The van der Waals surface area contributed by atoms with Crippen LogP contribution in [0.2, 0.25) is 0 Å². The molecular weight excluding hydrogens is 516 g/mol. The molecule has 0 fully saturated rings. The number of unbranched alkanes of at least 4 members (excludes halogenated alkanes) is 3. The number of halogens is 1. The summed E-state index contributed by atoms with van der Waals surface area (Å²) in [7, 11) is 0. The number of fused-ring (bicyclic) bond motifs is 6. The molecule has 1 heteroatoms. The Morgan fingerprint density at radius 2 is 1.07 bits per heavy atom. The van der Waals surface area contributed by atoms with Crippen LogP contribution in [-0.2, 0) is 0 Å². The molecule has 41 heavy (non-hydrogen) atoms. The van der Waals surface area contributed by atoms with Crippen LogP contribution in [-0.4, -0.2) is 5.38 Å². The van der Waals surface area contributed by atoms with Gasteiger partial charge in [0.25, 0.3) is 0 Å². The van der Waals surface area contributed by atoms with E-state index in [2.05, 4.69) is 126 Å². The Morgan fingerprint density at radius 3 is 1.51 bits per heavy atom. The van der Waals surface area contributed by atoms with Crippen LogP contribution in [0.1, 0.15) is 95.9 Å². The van der Waals surface area contributed by atoms with Gasteiger partial charge in [-0.15, -0.1) is 11.6 Å². The first kappa shape index (κ1) is 28.0. The molecule has 4 aromatic carbocycles. The lowest BCUT2D eigenvalue weighted by molar-refractivity contribution is 0.338. The van der Waals surface area contributed by atoms with Gasteiger partial charge in [0.15, 0.2) is 0 Å². The molecule has 0 nitrogen and oxygen atoms in total. The van der Waals surface area contributed by atoms with Crippen molar-refractivity contribution in [1.29, 1.82) is 0 Å². The second kappa shape index (κ2) is 11.0. The molecule has 2 aliphatic rings. The standard InChI is InChI=1S/C40H43Cl/c1-7-8-9-10-11-20-40(6,38-35-23-27(4)14-18-31(35)32-19-15-28(5)24-36(32)38)39(41)37-33-21-25(2)12-16-29(33)30-17-13-26(3)22-34(30)37/h11-24,37-39H,7-10H2,1-6H3. The second-order valence-electron chi connectivity index (χ2n) is 12.9. The minimum Gasteiger partial charge on any atom is -0.121 e. The molecule has 0 saturated carbocycles. The van der Waals surface area contributed by atoms with E-state index in [1.54, 1.807) is 0 Å². The quantitative estimate of drug-likeness (QED) is 0.114. The maximum absolute atomic E-state index is 8.04. The highest BCUT2D eigenvalue weighted by molar-refractivity contribution is 6.22. The number of hydrogen-bond donors (Lipinski definition) is 0. The Kier molecular flexibility index (Phi) is 7.50. The van der Waals surface area contributed by atoms with Gasteiger partial charge in [-0.05, 0) is 85.0 Å². The third kappa shape index (κ3) is 4.79. The molecule has 0 spiro atoms. The predicted molar refractivity (Wildman–Crippen MR) is 177 cm³/mol. The van der Waals surface area contributed by atoms with Crippen LogP contribution in [0, 0.1) is 33.1 Å². The van der Waals surface area contributed by atoms with Gasteiger partial charge in [-0.3, -0.25) is 0 Å². The topological polar surface area (TPSA) is 0 Å². The molecule has 0 bridgehead atoms. The third-order valence-corrected chi connectivity index (χ3v) is 10.4. The van der Waals surface area contributed by atoms with Crippen molar-refractivity contribution in [2.75, 3.05) is 0 Å². The molecule has 4 aromatic rings. The fourth-order valence-corrected chi connectivity index (χ4v) is 8.05. The first-order chi connectivity index (χ1) is 19.7. The molecule has 0 radical (unpaired) electrons. The molecule has 210 valence electrons. The highest BCUT2D eigenvalue weighted by Crippen LogP contribution is 2.60. The van der Waals surface area contributed by atoms with Gasteiger partial charge in [-0.1, -0.05) is 134 Å². The Morgan fingerprint density at radius 1 is 0.659 bits per heavy atom. The zero-order chi connectivity index (χ0) is 28.9. The first-order valence-corrected chi connectivity index (χ1v) is 15.9. The van der Waals surface area contributed by atoms with E-state index in [9.17, 15) is 0 Å². The number of hydrogen-bond acceptors (Lipinski definition) is 0. The van der Waals surface area contributed by atoms with Gasteiger partial charge in [0.1, 0.15) is 0 Å². The van der Waals surface area contributed by atoms with Crippen LogP contribution in [0.4, 0.5) is 0 Å². The molecule has 0 N–H and O–H groups in total. The predicted octanol–water partition coefficient (Wildman–Crippen LogP) is 11.6. The fraction of sp³-hybridized carbons (Fsp3) is 0.350. The molecule has 0 aliphatic heterocycles. The third-order valence-electron chi connectivity index (χ3n) is 9.66. The van der Waals surface area contributed by atoms with Gasteiger partial charge in [-0.25, -0.2) is 0 Å². The summed E-state index contributed by atoms with van der Waals surface area (Å²) in [4.78, 5) is 0. The average Bonchev–Trinajstić information content (AvgIpc) is 3.43. The highest BCUT2D eigenvalue weighted by atomic mass is 35.5. The fourth-order valence-electron chi connectivity index (χ4n) is 7.58. The largest absolute Gasteiger partial charge is 0.121 e. The Bertz CT molecular complexity index is 1540. The molecule has 0 heterocycles. The smallest absolute Gasteiger partial charge is 0.0542 e. The van der Waals surface area contributed by atoms with Gasteiger partial charge in [0.2, 0.25) is 0 Å². The number of alkyl halides is 1. The molecular formula is C40H43Cl. The zero-order valence-corrected chi connectivity index (χ0v) is 26.3. The van der Waals surface area contributed by atoms with E-state index >= 15 is 0 Å². The van der Waals surface area contributed by atoms with Crippen molar-refractivity contribution in [3.63, 3.8) is 0 Å². The maximum Gasteiger partial charge on any atom is 0.0542 e. The van der Waals surface area contributed by atoms with Gasteiger partial charge in [0, 0.05) is 17.3 Å². The van der Waals surface area contributed by atoms with Crippen LogP contribution < -0.4 is 0 Å². The van der Waals surface area contributed by atoms with Crippen LogP contribution >= 0.6 is 11.6 Å². The van der Waals surface area contributed by atoms with Crippen molar-refractivity contribution in [1.82, 2.24) is 0 Å². The van der Waals surface area contributed by atoms with Crippen molar-refractivity contribution in [3.05, 3.63) is 129 Å². The Labute approximate surface area is 252 Å².